The van der Waals surface area contributed by atoms with E-state index in [2.05, 4.69) is 10.6 Å². The summed E-state index contributed by atoms with van der Waals surface area (Å²) in [6.45, 7) is 5.82. The van der Waals surface area contributed by atoms with Gasteiger partial charge in [0, 0.05) is 12.8 Å². The lowest BCUT2D eigenvalue weighted by atomic mass is 10.1. The minimum atomic E-state index is -1.03. The molecular formula is C14H20N2O4. The van der Waals surface area contributed by atoms with Crippen molar-refractivity contribution < 1.29 is 19.4 Å². The number of carbonyl (C=O) groups is 2. The number of amides is 2. The number of ether oxygens (including phenoxy) is 1. The summed E-state index contributed by atoms with van der Waals surface area (Å²) in [4.78, 5) is 22.8. The van der Waals surface area contributed by atoms with E-state index in [1.54, 1.807) is 20.1 Å². The molecule has 0 saturated carbocycles. The molecule has 6 heteroatoms. The van der Waals surface area contributed by atoms with Gasteiger partial charge in [-0.15, -0.1) is 0 Å². The normalized spacial score (nSPS) is 11.0. The van der Waals surface area contributed by atoms with Crippen molar-refractivity contribution in [1.82, 2.24) is 5.32 Å². The van der Waals surface area contributed by atoms with Gasteiger partial charge in [0.05, 0.1) is 17.7 Å². The molecule has 110 valence electrons. The highest BCUT2D eigenvalue weighted by molar-refractivity contribution is 5.94. The Morgan fingerprint density at radius 3 is 2.55 bits per heavy atom. The van der Waals surface area contributed by atoms with E-state index < -0.39 is 17.5 Å². The van der Waals surface area contributed by atoms with Gasteiger partial charge in [-0.25, -0.2) is 9.59 Å². The number of nitrogens with one attached hydrogen (secondary N) is 2. The highest BCUT2D eigenvalue weighted by Crippen LogP contribution is 2.17. The molecule has 0 spiro atoms. The first-order chi connectivity index (χ1) is 9.25. The van der Waals surface area contributed by atoms with Crippen LogP contribution in [0.15, 0.2) is 18.2 Å². The predicted octanol–water partition coefficient (Wildman–Crippen LogP) is 2.24. The summed E-state index contributed by atoms with van der Waals surface area (Å²) in [6.07, 6.45) is 0. The maximum Gasteiger partial charge on any atom is 0.335 e. The number of carbonyl (C=O) groups excluding carboxylic acids is 1. The Morgan fingerprint density at radius 1 is 1.35 bits per heavy atom. The summed E-state index contributed by atoms with van der Waals surface area (Å²) in [5, 5.41) is 14.4. The number of aromatic carboxylic acids is 1. The van der Waals surface area contributed by atoms with Crippen LogP contribution in [-0.2, 0) is 4.74 Å². The molecule has 3 N–H and O–H groups in total. The highest BCUT2D eigenvalue weighted by atomic mass is 16.5. The zero-order chi connectivity index (χ0) is 15.3. The summed E-state index contributed by atoms with van der Waals surface area (Å²) in [6, 6.07) is 4.17. The predicted molar refractivity (Wildman–Crippen MR) is 76.2 cm³/mol. The van der Waals surface area contributed by atoms with E-state index in [0.717, 1.165) is 5.56 Å². The largest absolute Gasteiger partial charge is 0.478 e. The molecule has 0 aromatic heterocycles. The first-order valence-electron chi connectivity index (χ1n) is 6.17. The van der Waals surface area contributed by atoms with Crippen molar-refractivity contribution in [3.05, 3.63) is 29.3 Å². The average molecular weight is 280 g/mol. The first-order valence-corrected chi connectivity index (χ1v) is 6.17. The summed E-state index contributed by atoms with van der Waals surface area (Å²) in [5.41, 5.74) is 0.865. The van der Waals surface area contributed by atoms with Crippen LogP contribution in [-0.4, -0.2) is 36.4 Å². The average Bonchev–Trinajstić information content (AvgIpc) is 2.30. The van der Waals surface area contributed by atoms with Crippen LogP contribution in [0.1, 0.15) is 29.8 Å². The third kappa shape index (κ3) is 4.55. The first kappa shape index (κ1) is 16.0. The summed E-state index contributed by atoms with van der Waals surface area (Å²) < 4.78 is 5.01. The number of anilines is 1. The lowest BCUT2D eigenvalue weighted by Gasteiger charge is -2.25. The van der Waals surface area contributed by atoms with Gasteiger partial charge in [0.2, 0.25) is 0 Å². The maximum absolute atomic E-state index is 11.9. The van der Waals surface area contributed by atoms with Gasteiger partial charge < -0.3 is 20.5 Å². The van der Waals surface area contributed by atoms with Crippen LogP contribution in [0.4, 0.5) is 10.5 Å². The molecule has 6 nitrogen and oxygen atoms in total. The summed E-state index contributed by atoms with van der Waals surface area (Å²) in [5.74, 6) is -1.03. The summed E-state index contributed by atoms with van der Waals surface area (Å²) in [7, 11) is 1.56. The zero-order valence-corrected chi connectivity index (χ0v) is 12.1. The SMILES string of the molecule is COCC(C)(C)NC(=O)Nc1cc(C(=O)O)ccc1C. The van der Waals surface area contributed by atoms with E-state index >= 15 is 0 Å². The molecule has 0 unspecified atom stereocenters. The van der Waals surface area contributed by atoms with Gasteiger partial charge in [-0.2, -0.15) is 0 Å². The number of benzene rings is 1. The molecule has 0 saturated heterocycles. The smallest absolute Gasteiger partial charge is 0.335 e. The molecule has 0 aliphatic heterocycles. The molecule has 0 fully saturated rings. The van der Waals surface area contributed by atoms with Crippen molar-refractivity contribution in [2.24, 2.45) is 0 Å². The molecule has 2 amide bonds. The van der Waals surface area contributed by atoms with Gasteiger partial charge in [-0.1, -0.05) is 6.07 Å². The molecule has 0 aliphatic rings. The molecule has 20 heavy (non-hydrogen) atoms. The number of urea groups is 1. The van der Waals surface area contributed by atoms with E-state index in [-0.39, 0.29) is 5.56 Å². The number of rotatable bonds is 5. The second-order valence-corrected chi connectivity index (χ2v) is 5.23. The second-order valence-electron chi connectivity index (χ2n) is 5.23. The third-order valence-electron chi connectivity index (χ3n) is 2.69. The van der Waals surface area contributed by atoms with E-state index in [0.29, 0.717) is 12.3 Å². The van der Waals surface area contributed by atoms with Crippen LogP contribution in [0.5, 0.6) is 0 Å². The Hall–Kier alpha value is -2.08. The van der Waals surface area contributed by atoms with Gasteiger partial charge in [0.15, 0.2) is 0 Å². The maximum atomic E-state index is 11.9. The standard InChI is InChI=1S/C14H20N2O4/c1-9-5-6-10(12(17)18)7-11(9)15-13(19)16-14(2,3)8-20-4/h5-7H,8H2,1-4H3,(H,17,18)(H2,15,16,19). The number of hydrogen-bond donors (Lipinski definition) is 3. The number of carboxylic acid groups (broad SMARTS) is 1. The monoisotopic (exact) mass is 280 g/mol. The van der Waals surface area contributed by atoms with Gasteiger partial charge in [0.1, 0.15) is 0 Å². The molecule has 1 rings (SSSR count). The fourth-order valence-corrected chi connectivity index (χ4v) is 1.75. The van der Waals surface area contributed by atoms with E-state index in [1.165, 1.54) is 12.1 Å². The molecule has 1 aromatic rings. The molecule has 0 heterocycles. The molecule has 1 aromatic carbocycles. The van der Waals surface area contributed by atoms with Crippen LogP contribution in [0, 0.1) is 6.92 Å². The number of methoxy groups -OCH3 is 1. The van der Waals surface area contributed by atoms with Crippen LogP contribution in [0.3, 0.4) is 0 Å². The van der Waals surface area contributed by atoms with Crippen LogP contribution >= 0.6 is 0 Å². The van der Waals surface area contributed by atoms with Crippen LogP contribution in [0.25, 0.3) is 0 Å². The quantitative estimate of drug-likeness (QED) is 0.772. The second kappa shape index (κ2) is 6.38. The highest BCUT2D eigenvalue weighted by Gasteiger charge is 2.20. The fourth-order valence-electron chi connectivity index (χ4n) is 1.75. The van der Waals surface area contributed by atoms with Crippen molar-refractivity contribution in [3.8, 4) is 0 Å². The molecule has 0 aliphatic carbocycles. The topological polar surface area (TPSA) is 87.7 Å². The van der Waals surface area contributed by atoms with Gasteiger partial charge in [-0.3, -0.25) is 0 Å². The molecule has 0 radical (unpaired) electrons. The van der Waals surface area contributed by atoms with E-state index in [4.69, 9.17) is 9.84 Å². The lowest BCUT2D eigenvalue weighted by Crippen LogP contribution is -2.48. The lowest BCUT2D eigenvalue weighted by molar-refractivity contribution is 0.0697. The van der Waals surface area contributed by atoms with Crippen molar-refractivity contribution in [2.75, 3.05) is 19.0 Å². The van der Waals surface area contributed by atoms with Crippen molar-refractivity contribution in [1.29, 1.82) is 0 Å². The van der Waals surface area contributed by atoms with Crippen LogP contribution in [0.2, 0.25) is 0 Å². The Balaban J connectivity index is 2.80. The van der Waals surface area contributed by atoms with Crippen LogP contribution < -0.4 is 10.6 Å². The number of hydrogen-bond acceptors (Lipinski definition) is 3. The van der Waals surface area contributed by atoms with Crippen molar-refractivity contribution in [2.45, 2.75) is 26.3 Å². The Morgan fingerprint density at radius 2 is 2.00 bits per heavy atom. The minimum Gasteiger partial charge on any atom is -0.478 e. The third-order valence-corrected chi connectivity index (χ3v) is 2.69. The van der Waals surface area contributed by atoms with Gasteiger partial charge >= 0.3 is 12.0 Å². The van der Waals surface area contributed by atoms with Gasteiger partial charge in [0.25, 0.3) is 0 Å². The zero-order valence-electron chi connectivity index (χ0n) is 12.1. The Bertz CT molecular complexity index is 512. The van der Waals surface area contributed by atoms with Crippen molar-refractivity contribution in [3.63, 3.8) is 0 Å². The van der Waals surface area contributed by atoms with E-state index in [9.17, 15) is 9.59 Å². The fraction of sp³-hybridized carbons (Fsp3) is 0.429. The number of aryl methyl sites for hydroxylation is 1. The Labute approximate surface area is 118 Å². The summed E-state index contributed by atoms with van der Waals surface area (Å²) >= 11 is 0. The molecule has 0 atom stereocenters. The van der Waals surface area contributed by atoms with Gasteiger partial charge in [-0.05, 0) is 38.5 Å². The van der Waals surface area contributed by atoms with Crippen molar-refractivity contribution >= 4 is 17.7 Å². The number of carboxylic acids is 1. The molecule has 0 bridgehead atoms. The Kier molecular flexibility index (Phi) is 5.10. The molecular weight excluding hydrogens is 260 g/mol. The minimum absolute atomic E-state index is 0.127. The van der Waals surface area contributed by atoms with E-state index in [1.807, 2.05) is 13.8 Å².